The summed E-state index contributed by atoms with van der Waals surface area (Å²) in [6.45, 7) is 4.66. The number of quaternary nitrogens is 1. The van der Waals surface area contributed by atoms with E-state index in [-0.39, 0.29) is 29.8 Å². The summed E-state index contributed by atoms with van der Waals surface area (Å²) in [6.07, 6.45) is 4.20. The second kappa shape index (κ2) is 17.7. The Hall–Kier alpha value is -3.74. The first-order valence-corrected chi connectivity index (χ1v) is 17.1. The third kappa shape index (κ3) is 12.3. The van der Waals surface area contributed by atoms with Crippen molar-refractivity contribution in [3.8, 4) is 0 Å². The molecule has 2 amide bonds. The molecule has 0 saturated heterocycles. The number of carbonyl (C=O) groups excluding carboxylic acids is 2. The Kier molecular flexibility index (Phi) is 14.0. The third-order valence-electron chi connectivity index (χ3n) is 7.38. The molecule has 9 nitrogen and oxygen atoms in total. The highest BCUT2D eigenvalue weighted by molar-refractivity contribution is 7.91. The Bertz CT molecular complexity index is 1490. The van der Waals surface area contributed by atoms with Crippen LogP contribution in [0.5, 0.6) is 0 Å². The molecule has 244 valence electrons. The van der Waals surface area contributed by atoms with Gasteiger partial charge in [0.1, 0.15) is 36.9 Å². The number of hydrogen-bond acceptors (Lipinski definition) is 6. The van der Waals surface area contributed by atoms with E-state index in [0.717, 1.165) is 36.6 Å². The van der Waals surface area contributed by atoms with Gasteiger partial charge in [-0.2, -0.15) is 0 Å². The molecule has 0 unspecified atom stereocenters. The van der Waals surface area contributed by atoms with Crippen molar-refractivity contribution in [2.24, 2.45) is 0 Å². The number of nitrogens with one attached hydrogen (secondary N) is 2. The van der Waals surface area contributed by atoms with Crippen LogP contribution in [0.1, 0.15) is 60.2 Å². The van der Waals surface area contributed by atoms with Crippen molar-refractivity contribution in [1.82, 2.24) is 15.6 Å². The highest BCUT2D eigenvalue weighted by Crippen LogP contribution is 2.13. The number of sulfone groups is 1. The van der Waals surface area contributed by atoms with Gasteiger partial charge >= 0.3 is 0 Å². The van der Waals surface area contributed by atoms with Crippen LogP contribution in [0.4, 0.5) is 8.78 Å². The molecule has 0 fully saturated rings. The van der Waals surface area contributed by atoms with Crippen LogP contribution in [0.25, 0.3) is 0 Å². The van der Waals surface area contributed by atoms with Crippen LogP contribution in [0, 0.1) is 11.6 Å². The normalized spacial score (nSPS) is 13.5. The summed E-state index contributed by atoms with van der Waals surface area (Å²) >= 11 is 0. The van der Waals surface area contributed by atoms with Gasteiger partial charge in [0.25, 0.3) is 5.91 Å². The van der Waals surface area contributed by atoms with Crippen LogP contribution in [0.15, 0.2) is 67.0 Å². The predicted molar refractivity (Wildman–Crippen MR) is 168 cm³/mol. The van der Waals surface area contributed by atoms with Crippen LogP contribution in [-0.4, -0.2) is 66.6 Å². The Balaban J connectivity index is 1.82. The number of hydrogen-bond donors (Lipinski definition) is 4. The van der Waals surface area contributed by atoms with Crippen molar-refractivity contribution in [2.45, 2.75) is 70.7 Å². The summed E-state index contributed by atoms with van der Waals surface area (Å²) in [5.74, 6) is -3.98. The first-order valence-electron chi connectivity index (χ1n) is 15.2. The fourth-order valence-corrected chi connectivity index (χ4v) is 6.49. The number of nitrogens with zero attached hydrogens (tertiary/aromatic N) is 1. The van der Waals surface area contributed by atoms with Gasteiger partial charge in [-0.15, -0.1) is 0 Å². The van der Waals surface area contributed by atoms with E-state index in [1.807, 2.05) is 30.4 Å². The van der Waals surface area contributed by atoms with Gasteiger partial charge in [-0.05, 0) is 54.7 Å². The lowest BCUT2D eigenvalue weighted by molar-refractivity contribution is -0.676. The largest absolute Gasteiger partial charge is 0.385 e. The lowest BCUT2D eigenvalue weighted by Gasteiger charge is -2.26. The summed E-state index contributed by atoms with van der Waals surface area (Å²) in [4.78, 5) is 30.5. The molecule has 3 rings (SSSR count). The molecule has 0 radical (unpaired) electrons. The number of nitrogens with two attached hydrogens (primary N) is 1. The molecule has 0 aliphatic rings. The number of unbranched alkanes of at least 4 members (excludes halogenated alkanes) is 2. The molecule has 0 spiro atoms. The molecule has 3 aromatic rings. The van der Waals surface area contributed by atoms with Crippen LogP contribution >= 0.6 is 0 Å². The number of aromatic nitrogens is 1. The molecule has 3 atom stereocenters. The van der Waals surface area contributed by atoms with Gasteiger partial charge in [0, 0.05) is 24.0 Å². The molecule has 0 saturated carbocycles. The third-order valence-corrected chi connectivity index (χ3v) is 9.13. The van der Waals surface area contributed by atoms with Crippen molar-refractivity contribution in [3.63, 3.8) is 0 Å². The van der Waals surface area contributed by atoms with Crippen LogP contribution in [0.2, 0.25) is 0 Å². The molecule has 45 heavy (non-hydrogen) atoms. The van der Waals surface area contributed by atoms with Gasteiger partial charge < -0.3 is 21.1 Å². The lowest BCUT2D eigenvalue weighted by atomic mass is 10.00. The van der Waals surface area contributed by atoms with E-state index in [0.29, 0.717) is 19.4 Å². The molecule has 2 aromatic carbocycles. The number of aryl methyl sites for hydroxylation is 1. The summed E-state index contributed by atoms with van der Waals surface area (Å²) in [6, 6.07) is 11.4. The standard InChI is InChI=1S/C33H42F2N4O5S/c1-3-5-6-13-45(43,44)22-30(39-32(41)26-11-8-12-36-20-26)33(42)38-29(17-25-15-27(34)18-28(35)16-25)31(40)21-37-19-24-10-7-9-23(4-2)14-24/h7-12,14-16,18,20,29-31,37,40H,3-6,13,17,19,21-22H2,1-2H3,(H,38,42)(H,39,41)/p+1/t29-,30+,31+/m0/s1. The molecular weight excluding hydrogens is 602 g/mol. The van der Waals surface area contributed by atoms with Gasteiger partial charge in [0.05, 0.1) is 23.1 Å². The Morgan fingerprint density at radius 2 is 1.69 bits per heavy atom. The number of benzene rings is 2. The van der Waals surface area contributed by atoms with Crippen molar-refractivity contribution in [3.05, 3.63) is 101 Å². The molecule has 0 bridgehead atoms. The molecule has 5 N–H and O–H groups in total. The van der Waals surface area contributed by atoms with Crippen LogP contribution in [-0.2, 0) is 34.0 Å². The molecule has 0 aliphatic heterocycles. The van der Waals surface area contributed by atoms with Crippen LogP contribution < -0.4 is 16.0 Å². The predicted octanol–water partition coefficient (Wildman–Crippen LogP) is 2.48. The molecular formula is C33H43F2N4O5S+. The van der Waals surface area contributed by atoms with Gasteiger partial charge in [0.2, 0.25) is 5.91 Å². The Morgan fingerprint density at radius 1 is 0.956 bits per heavy atom. The van der Waals surface area contributed by atoms with Crippen molar-refractivity contribution < 1.29 is 37.2 Å². The summed E-state index contributed by atoms with van der Waals surface area (Å²) in [7, 11) is -3.76. The average molecular weight is 646 g/mol. The number of aliphatic hydroxyl groups is 1. The molecule has 0 aliphatic carbocycles. The minimum Gasteiger partial charge on any atom is -0.385 e. The number of halogens is 2. The zero-order chi connectivity index (χ0) is 32.8. The van der Waals surface area contributed by atoms with Crippen molar-refractivity contribution >= 4 is 21.7 Å². The summed E-state index contributed by atoms with van der Waals surface area (Å²) < 4.78 is 54.0. The van der Waals surface area contributed by atoms with Crippen molar-refractivity contribution in [2.75, 3.05) is 18.1 Å². The summed E-state index contributed by atoms with van der Waals surface area (Å²) in [5.41, 5.74) is 2.53. The molecule has 1 heterocycles. The highest BCUT2D eigenvalue weighted by Gasteiger charge is 2.31. The van der Waals surface area contributed by atoms with E-state index >= 15 is 0 Å². The fourth-order valence-electron chi connectivity index (χ4n) is 4.94. The number of amides is 2. The van der Waals surface area contributed by atoms with E-state index in [9.17, 15) is 31.9 Å². The van der Waals surface area contributed by atoms with E-state index in [2.05, 4.69) is 28.6 Å². The number of rotatable bonds is 18. The molecule has 12 heteroatoms. The first-order chi connectivity index (χ1) is 21.5. The zero-order valence-electron chi connectivity index (χ0n) is 25.7. The number of aliphatic hydroxyl groups excluding tert-OH is 1. The highest BCUT2D eigenvalue weighted by atomic mass is 32.2. The maximum atomic E-state index is 14.0. The van der Waals surface area contributed by atoms with Gasteiger partial charge in [-0.3, -0.25) is 14.6 Å². The van der Waals surface area contributed by atoms with Crippen LogP contribution in [0.3, 0.4) is 0 Å². The quantitative estimate of drug-likeness (QED) is 0.157. The maximum absolute atomic E-state index is 14.0. The smallest absolute Gasteiger partial charge is 0.253 e. The second-order valence-corrected chi connectivity index (χ2v) is 13.4. The lowest BCUT2D eigenvalue weighted by Crippen LogP contribution is -2.86. The Morgan fingerprint density at radius 3 is 2.36 bits per heavy atom. The van der Waals surface area contributed by atoms with Gasteiger partial charge in [0.15, 0.2) is 9.84 Å². The Labute approximate surface area is 263 Å². The second-order valence-electron chi connectivity index (χ2n) is 11.2. The summed E-state index contributed by atoms with van der Waals surface area (Å²) in [5, 5.41) is 18.2. The first kappa shape index (κ1) is 35.7. The van der Waals surface area contributed by atoms with E-state index in [1.165, 1.54) is 30.1 Å². The van der Waals surface area contributed by atoms with E-state index in [4.69, 9.17) is 0 Å². The molecule has 1 aromatic heterocycles. The monoisotopic (exact) mass is 645 g/mol. The zero-order valence-corrected chi connectivity index (χ0v) is 26.5. The SMILES string of the molecule is CCCCCS(=O)(=O)C[C@@H](NC(=O)c1cccnc1)C(=O)N[C@@H](Cc1cc(F)cc(F)c1)[C@H](O)C[NH2+]Cc1cccc(CC)c1. The topological polar surface area (TPSA) is 142 Å². The van der Waals surface area contributed by atoms with Crippen molar-refractivity contribution in [1.29, 1.82) is 0 Å². The van der Waals surface area contributed by atoms with Gasteiger partial charge in [-0.25, -0.2) is 17.2 Å². The van der Waals surface area contributed by atoms with E-state index in [1.54, 1.807) is 0 Å². The minimum atomic E-state index is -3.76. The minimum absolute atomic E-state index is 0.126. The maximum Gasteiger partial charge on any atom is 0.253 e. The van der Waals surface area contributed by atoms with E-state index < -0.39 is 57.2 Å². The number of pyridine rings is 1. The fraction of sp³-hybridized carbons (Fsp3) is 0.424. The average Bonchev–Trinajstić information content (AvgIpc) is 3.00. The number of carbonyl (C=O) groups is 2. The van der Waals surface area contributed by atoms with Gasteiger partial charge in [-0.1, -0.05) is 51.0 Å².